The molecule has 5 heteroatoms. The van der Waals surface area contributed by atoms with E-state index in [1.165, 1.54) is 24.9 Å². The Hall–Kier alpha value is -2.63. The summed E-state index contributed by atoms with van der Waals surface area (Å²) >= 11 is 0. The highest BCUT2D eigenvalue weighted by Crippen LogP contribution is 2.24. The molecule has 2 saturated heterocycles. The van der Waals surface area contributed by atoms with E-state index in [4.69, 9.17) is 0 Å². The van der Waals surface area contributed by atoms with E-state index in [1.807, 2.05) is 12.1 Å². The average Bonchev–Trinajstić information content (AvgIpc) is 3.18. The fraction of sp³-hybridized carbons (Fsp3) is 0.423. The molecule has 2 aromatic carbocycles. The predicted octanol–water partition coefficient (Wildman–Crippen LogP) is 3.54. The molecule has 1 atom stereocenters. The van der Waals surface area contributed by atoms with Gasteiger partial charge >= 0.3 is 0 Å². The molecule has 3 heterocycles. The summed E-state index contributed by atoms with van der Waals surface area (Å²) in [6.45, 7) is 6.65. The Balaban J connectivity index is 1.35. The number of nitrogens with zero attached hydrogens (tertiary/aromatic N) is 4. The number of hydrogen-bond acceptors (Lipinski definition) is 3. The van der Waals surface area contributed by atoms with Crippen LogP contribution in [-0.2, 0) is 6.54 Å². The first kappa shape index (κ1) is 20.3. The van der Waals surface area contributed by atoms with Crippen molar-refractivity contribution in [3.05, 3.63) is 71.9 Å². The van der Waals surface area contributed by atoms with Crippen LogP contribution in [0.5, 0.6) is 0 Å². The number of likely N-dealkylation sites (tertiary alicyclic amines) is 1. The maximum atomic E-state index is 13.6. The normalized spacial score (nSPS) is 20.9. The van der Waals surface area contributed by atoms with Crippen molar-refractivity contribution in [1.29, 1.82) is 0 Å². The molecule has 162 valence electrons. The number of para-hydroxylation sites is 1. The van der Waals surface area contributed by atoms with E-state index in [1.54, 1.807) is 0 Å². The van der Waals surface area contributed by atoms with Crippen LogP contribution in [0, 0.1) is 0 Å². The Morgan fingerprint density at radius 3 is 2.45 bits per heavy atom. The minimum absolute atomic E-state index is 0.160. The number of benzene rings is 2. The Labute approximate surface area is 184 Å². The molecule has 2 fully saturated rings. The standard InChI is InChI=1S/C26H32N4O/c1-27-13-7-11-23(20-27)28-14-16-29(17-15-28)26(31)25-18-22-10-5-6-12-24(22)30(25)19-21-8-3-2-4-9-21/h2-6,8-10,12,18,23H,7,11,13-17,19-20H2,1H3. The lowest BCUT2D eigenvalue weighted by atomic mass is 10.0. The van der Waals surface area contributed by atoms with Crippen molar-refractivity contribution in [3.8, 4) is 0 Å². The monoisotopic (exact) mass is 416 g/mol. The quantitative estimate of drug-likeness (QED) is 0.652. The molecule has 31 heavy (non-hydrogen) atoms. The number of piperazine rings is 1. The van der Waals surface area contributed by atoms with E-state index < -0.39 is 0 Å². The van der Waals surface area contributed by atoms with Gasteiger partial charge in [0.15, 0.2) is 0 Å². The Morgan fingerprint density at radius 1 is 0.935 bits per heavy atom. The van der Waals surface area contributed by atoms with Gasteiger partial charge in [-0.2, -0.15) is 0 Å². The third kappa shape index (κ3) is 4.25. The van der Waals surface area contributed by atoms with Crippen LogP contribution < -0.4 is 0 Å². The molecule has 0 saturated carbocycles. The smallest absolute Gasteiger partial charge is 0.270 e. The molecule has 2 aliphatic heterocycles. The Morgan fingerprint density at radius 2 is 1.68 bits per heavy atom. The van der Waals surface area contributed by atoms with Crippen molar-refractivity contribution in [2.75, 3.05) is 46.3 Å². The van der Waals surface area contributed by atoms with Crippen molar-refractivity contribution in [2.24, 2.45) is 0 Å². The number of carbonyl (C=O) groups is 1. The number of piperidine rings is 1. The van der Waals surface area contributed by atoms with Gasteiger partial charge < -0.3 is 14.4 Å². The van der Waals surface area contributed by atoms with Crippen LogP contribution >= 0.6 is 0 Å². The Bertz CT molecular complexity index is 1040. The lowest BCUT2D eigenvalue weighted by Gasteiger charge is -2.42. The van der Waals surface area contributed by atoms with Gasteiger partial charge in [-0.15, -0.1) is 0 Å². The molecule has 0 bridgehead atoms. The summed E-state index contributed by atoms with van der Waals surface area (Å²) in [6, 6.07) is 21.4. The molecule has 0 aliphatic carbocycles. The fourth-order valence-corrected chi connectivity index (χ4v) is 5.21. The molecule has 2 aliphatic rings. The summed E-state index contributed by atoms with van der Waals surface area (Å²) in [4.78, 5) is 20.7. The van der Waals surface area contributed by atoms with E-state index in [0.717, 1.165) is 49.3 Å². The van der Waals surface area contributed by atoms with Gasteiger partial charge in [0, 0.05) is 56.2 Å². The number of amides is 1. The van der Waals surface area contributed by atoms with Gasteiger partial charge in [-0.25, -0.2) is 0 Å². The van der Waals surface area contributed by atoms with Gasteiger partial charge in [-0.3, -0.25) is 9.69 Å². The molecule has 5 rings (SSSR count). The van der Waals surface area contributed by atoms with Crippen LogP contribution in [0.2, 0.25) is 0 Å². The van der Waals surface area contributed by atoms with Crippen molar-refractivity contribution >= 4 is 16.8 Å². The highest BCUT2D eigenvalue weighted by Gasteiger charge is 2.30. The zero-order chi connectivity index (χ0) is 21.2. The van der Waals surface area contributed by atoms with Crippen molar-refractivity contribution in [1.82, 2.24) is 19.3 Å². The van der Waals surface area contributed by atoms with Crippen LogP contribution in [0.15, 0.2) is 60.7 Å². The predicted molar refractivity (Wildman–Crippen MR) is 125 cm³/mol. The maximum absolute atomic E-state index is 13.6. The molecule has 0 spiro atoms. The fourth-order valence-electron chi connectivity index (χ4n) is 5.21. The second-order valence-corrected chi connectivity index (χ2v) is 9.05. The highest BCUT2D eigenvalue weighted by atomic mass is 16.2. The number of hydrogen-bond donors (Lipinski definition) is 0. The molecule has 1 amide bonds. The van der Waals surface area contributed by atoms with E-state index in [0.29, 0.717) is 12.6 Å². The third-order valence-corrected chi connectivity index (χ3v) is 6.93. The van der Waals surface area contributed by atoms with Crippen LogP contribution in [0.4, 0.5) is 0 Å². The van der Waals surface area contributed by atoms with Crippen molar-refractivity contribution in [2.45, 2.75) is 25.4 Å². The zero-order valence-electron chi connectivity index (χ0n) is 18.4. The largest absolute Gasteiger partial charge is 0.335 e. The van der Waals surface area contributed by atoms with Crippen LogP contribution in [-0.4, -0.2) is 77.5 Å². The summed E-state index contributed by atoms with van der Waals surface area (Å²) < 4.78 is 2.19. The van der Waals surface area contributed by atoms with E-state index in [-0.39, 0.29) is 5.91 Å². The summed E-state index contributed by atoms with van der Waals surface area (Å²) in [5.74, 6) is 0.160. The van der Waals surface area contributed by atoms with E-state index >= 15 is 0 Å². The number of carbonyl (C=O) groups excluding carboxylic acids is 1. The molecular weight excluding hydrogens is 384 g/mol. The number of likely N-dealkylation sites (N-methyl/N-ethyl adjacent to an activating group) is 1. The van der Waals surface area contributed by atoms with E-state index in [2.05, 4.69) is 74.8 Å². The van der Waals surface area contributed by atoms with Crippen LogP contribution in [0.1, 0.15) is 28.9 Å². The summed E-state index contributed by atoms with van der Waals surface area (Å²) in [5.41, 5.74) is 3.14. The number of aromatic nitrogens is 1. The van der Waals surface area contributed by atoms with Gasteiger partial charge in [0.2, 0.25) is 0 Å². The van der Waals surface area contributed by atoms with Gasteiger partial charge in [0.1, 0.15) is 5.69 Å². The van der Waals surface area contributed by atoms with E-state index in [9.17, 15) is 4.79 Å². The summed E-state index contributed by atoms with van der Waals surface area (Å²) in [5, 5.41) is 1.13. The lowest BCUT2D eigenvalue weighted by Crippen LogP contribution is -2.55. The minimum atomic E-state index is 0.160. The highest BCUT2D eigenvalue weighted by molar-refractivity contribution is 5.99. The molecule has 1 unspecified atom stereocenters. The van der Waals surface area contributed by atoms with Gasteiger partial charge in [-0.1, -0.05) is 48.5 Å². The second kappa shape index (κ2) is 8.85. The first-order valence-electron chi connectivity index (χ1n) is 11.5. The van der Waals surface area contributed by atoms with Gasteiger partial charge in [0.05, 0.1) is 0 Å². The average molecular weight is 417 g/mol. The molecule has 3 aromatic rings. The number of rotatable bonds is 4. The molecule has 0 radical (unpaired) electrons. The Kier molecular flexibility index (Phi) is 5.79. The minimum Gasteiger partial charge on any atom is -0.335 e. The maximum Gasteiger partial charge on any atom is 0.270 e. The third-order valence-electron chi connectivity index (χ3n) is 6.93. The van der Waals surface area contributed by atoms with Crippen LogP contribution in [0.3, 0.4) is 0 Å². The molecule has 5 nitrogen and oxygen atoms in total. The second-order valence-electron chi connectivity index (χ2n) is 9.05. The zero-order valence-corrected chi connectivity index (χ0v) is 18.4. The molecule has 1 aromatic heterocycles. The topological polar surface area (TPSA) is 31.7 Å². The summed E-state index contributed by atoms with van der Waals surface area (Å²) in [6.07, 6.45) is 2.56. The van der Waals surface area contributed by atoms with Crippen molar-refractivity contribution in [3.63, 3.8) is 0 Å². The van der Waals surface area contributed by atoms with Crippen molar-refractivity contribution < 1.29 is 4.79 Å². The van der Waals surface area contributed by atoms with Crippen LogP contribution in [0.25, 0.3) is 10.9 Å². The molecular formula is C26H32N4O. The first-order chi connectivity index (χ1) is 15.2. The van der Waals surface area contributed by atoms with Gasteiger partial charge in [0.25, 0.3) is 5.91 Å². The van der Waals surface area contributed by atoms with Gasteiger partial charge in [-0.05, 0) is 44.1 Å². The number of fused-ring (bicyclic) bond motifs is 1. The first-order valence-corrected chi connectivity index (χ1v) is 11.5. The summed E-state index contributed by atoms with van der Waals surface area (Å²) in [7, 11) is 2.22. The molecule has 0 N–H and O–H groups in total. The SMILES string of the molecule is CN1CCCC(N2CCN(C(=O)c3cc4ccccc4n3Cc3ccccc3)CC2)C1. The lowest BCUT2D eigenvalue weighted by molar-refractivity contribution is 0.0445.